The van der Waals surface area contributed by atoms with Gasteiger partial charge in [0.05, 0.1) is 13.7 Å². The number of methoxy groups -OCH3 is 1. The molecular formula is C13H17N5O2. The van der Waals surface area contributed by atoms with E-state index in [1.165, 1.54) is 12.0 Å². The number of carbonyl (C=O) groups excluding carboxylic acids is 1. The van der Waals surface area contributed by atoms with Gasteiger partial charge in [0.25, 0.3) is 5.91 Å². The molecule has 0 aliphatic carbocycles. The van der Waals surface area contributed by atoms with E-state index in [1.54, 1.807) is 32.2 Å². The second-order valence-electron chi connectivity index (χ2n) is 4.49. The van der Waals surface area contributed by atoms with Gasteiger partial charge in [0.1, 0.15) is 11.6 Å². The summed E-state index contributed by atoms with van der Waals surface area (Å²) < 4.78 is 5.11. The number of nitrogens with two attached hydrogens (primary N) is 1. The number of nitrogen functional groups attached to an aromatic ring is 1. The quantitative estimate of drug-likeness (QED) is 0.810. The minimum Gasteiger partial charge on any atom is -0.497 e. The minimum atomic E-state index is -0.168. The van der Waals surface area contributed by atoms with Gasteiger partial charge in [-0.1, -0.05) is 0 Å². The Bertz CT molecular complexity index is 623. The van der Waals surface area contributed by atoms with E-state index in [4.69, 9.17) is 10.5 Å². The van der Waals surface area contributed by atoms with Crippen molar-refractivity contribution in [3.8, 4) is 5.75 Å². The zero-order chi connectivity index (χ0) is 14.7. The molecule has 2 aromatic rings. The van der Waals surface area contributed by atoms with Crippen molar-refractivity contribution < 1.29 is 9.53 Å². The Hall–Kier alpha value is -2.57. The molecule has 0 spiro atoms. The lowest BCUT2D eigenvalue weighted by Gasteiger charge is -2.16. The lowest BCUT2D eigenvalue weighted by molar-refractivity contribution is 0.0781. The molecule has 1 heterocycles. The van der Waals surface area contributed by atoms with Crippen molar-refractivity contribution in [2.75, 3.05) is 19.9 Å². The lowest BCUT2D eigenvalue weighted by atomic mass is 10.1. The first-order valence-electron chi connectivity index (χ1n) is 6.07. The first-order chi connectivity index (χ1) is 9.49. The molecule has 0 aliphatic rings. The van der Waals surface area contributed by atoms with Crippen molar-refractivity contribution in [2.24, 2.45) is 0 Å². The summed E-state index contributed by atoms with van der Waals surface area (Å²) in [4.78, 5) is 18.0. The van der Waals surface area contributed by atoms with Gasteiger partial charge < -0.3 is 15.4 Å². The zero-order valence-electron chi connectivity index (χ0n) is 11.7. The maximum atomic E-state index is 12.3. The number of aromatic amines is 1. The number of anilines is 1. The number of ether oxygens (including phenoxy) is 1. The molecular weight excluding hydrogens is 258 g/mol. The van der Waals surface area contributed by atoms with E-state index in [-0.39, 0.29) is 5.91 Å². The SMILES string of the molecule is COc1cc(N)cc(C(=O)N(C)Cc2n[nH]c(C)n2)c1. The van der Waals surface area contributed by atoms with Gasteiger partial charge in [-0.15, -0.1) is 0 Å². The number of aryl methyl sites for hydroxylation is 1. The topological polar surface area (TPSA) is 97.1 Å². The molecule has 2 rings (SSSR count). The number of benzene rings is 1. The lowest BCUT2D eigenvalue weighted by Crippen LogP contribution is -2.26. The number of H-pyrrole nitrogens is 1. The molecule has 0 fully saturated rings. The molecule has 7 heteroatoms. The number of hydrogen-bond donors (Lipinski definition) is 2. The van der Waals surface area contributed by atoms with Gasteiger partial charge in [-0.3, -0.25) is 9.89 Å². The summed E-state index contributed by atoms with van der Waals surface area (Å²) >= 11 is 0. The number of nitrogens with zero attached hydrogens (tertiary/aromatic N) is 3. The predicted octanol–water partition coefficient (Wildman–Crippen LogP) is 0.976. The van der Waals surface area contributed by atoms with E-state index in [1.807, 2.05) is 0 Å². The van der Waals surface area contributed by atoms with Gasteiger partial charge in [0, 0.05) is 24.4 Å². The van der Waals surface area contributed by atoms with Crippen LogP contribution in [0.5, 0.6) is 5.75 Å². The van der Waals surface area contributed by atoms with Crippen LogP contribution in [0, 0.1) is 6.92 Å². The van der Waals surface area contributed by atoms with Crippen LogP contribution in [-0.4, -0.2) is 40.1 Å². The monoisotopic (exact) mass is 275 g/mol. The third-order valence-electron chi connectivity index (χ3n) is 2.78. The molecule has 0 atom stereocenters. The maximum Gasteiger partial charge on any atom is 0.254 e. The highest BCUT2D eigenvalue weighted by atomic mass is 16.5. The van der Waals surface area contributed by atoms with E-state index in [0.29, 0.717) is 35.2 Å². The predicted molar refractivity (Wildman–Crippen MR) is 74.3 cm³/mol. The molecule has 0 unspecified atom stereocenters. The normalized spacial score (nSPS) is 10.3. The highest BCUT2D eigenvalue weighted by Gasteiger charge is 2.15. The highest BCUT2D eigenvalue weighted by Crippen LogP contribution is 2.19. The van der Waals surface area contributed by atoms with Crippen LogP contribution in [0.25, 0.3) is 0 Å². The summed E-state index contributed by atoms with van der Waals surface area (Å²) in [7, 11) is 3.22. The summed E-state index contributed by atoms with van der Waals surface area (Å²) in [6.45, 7) is 2.13. The Morgan fingerprint density at radius 2 is 2.20 bits per heavy atom. The van der Waals surface area contributed by atoms with Gasteiger partial charge in [-0.2, -0.15) is 5.10 Å². The fourth-order valence-corrected chi connectivity index (χ4v) is 1.83. The summed E-state index contributed by atoms with van der Waals surface area (Å²) in [6.07, 6.45) is 0. The Balaban J connectivity index is 2.15. The summed E-state index contributed by atoms with van der Waals surface area (Å²) in [5, 5.41) is 6.74. The van der Waals surface area contributed by atoms with E-state index >= 15 is 0 Å². The third-order valence-corrected chi connectivity index (χ3v) is 2.78. The van der Waals surface area contributed by atoms with Crippen LogP contribution in [0.2, 0.25) is 0 Å². The smallest absolute Gasteiger partial charge is 0.254 e. The number of nitrogens with one attached hydrogen (secondary N) is 1. The molecule has 1 aromatic carbocycles. The van der Waals surface area contributed by atoms with Crippen LogP contribution in [-0.2, 0) is 6.54 Å². The summed E-state index contributed by atoms with van der Waals surface area (Å²) in [5.74, 6) is 1.66. The summed E-state index contributed by atoms with van der Waals surface area (Å²) in [6, 6.07) is 4.93. The minimum absolute atomic E-state index is 0.168. The second-order valence-corrected chi connectivity index (χ2v) is 4.49. The summed E-state index contributed by atoms with van der Waals surface area (Å²) in [5.41, 5.74) is 6.70. The van der Waals surface area contributed by atoms with Crippen LogP contribution in [0.4, 0.5) is 5.69 Å². The number of carbonyl (C=O) groups is 1. The molecule has 0 bridgehead atoms. The van der Waals surface area contributed by atoms with Crippen LogP contribution in [0.15, 0.2) is 18.2 Å². The average molecular weight is 275 g/mol. The van der Waals surface area contributed by atoms with E-state index in [2.05, 4.69) is 15.2 Å². The first-order valence-corrected chi connectivity index (χ1v) is 6.07. The third kappa shape index (κ3) is 3.05. The number of rotatable bonds is 4. The second kappa shape index (κ2) is 5.60. The van der Waals surface area contributed by atoms with Crippen LogP contribution < -0.4 is 10.5 Å². The Labute approximate surface area is 116 Å². The molecule has 0 saturated carbocycles. The van der Waals surface area contributed by atoms with E-state index in [0.717, 1.165) is 0 Å². The van der Waals surface area contributed by atoms with Crippen molar-refractivity contribution in [3.05, 3.63) is 35.4 Å². The largest absolute Gasteiger partial charge is 0.497 e. The van der Waals surface area contributed by atoms with Gasteiger partial charge >= 0.3 is 0 Å². The van der Waals surface area contributed by atoms with Crippen molar-refractivity contribution in [3.63, 3.8) is 0 Å². The Kier molecular flexibility index (Phi) is 3.88. The maximum absolute atomic E-state index is 12.3. The van der Waals surface area contributed by atoms with Crippen molar-refractivity contribution in [1.82, 2.24) is 20.1 Å². The highest BCUT2D eigenvalue weighted by molar-refractivity contribution is 5.95. The molecule has 0 radical (unpaired) electrons. The first kappa shape index (κ1) is 13.9. The molecule has 0 saturated heterocycles. The average Bonchev–Trinajstić information content (AvgIpc) is 2.82. The van der Waals surface area contributed by atoms with Gasteiger partial charge in [-0.05, 0) is 19.1 Å². The Morgan fingerprint density at radius 1 is 1.45 bits per heavy atom. The Morgan fingerprint density at radius 3 is 2.80 bits per heavy atom. The number of aromatic nitrogens is 3. The molecule has 1 amide bonds. The van der Waals surface area contributed by atoms with Crippen molar-refractivity contribution in [2.45, 2.75) is 13.5 Å². The van der Waals surface area contributed by atoms with Crippen LogP contribution >= 0.6 is 0 Å². The van der Waals surface area contributed by atoms with Crippen molar-refractivity contribution >= 4 is 11.6 Å². The van der Waals surface area contributed by atoms with Crippen LogP contribution in [0.3, 0.4) is 0 Å². The molecule has 0 aliphatic heterocycles. The standard InChI is InChI=1S/C13H17N5O2/c1-8-15-12(17-16-8)7-18(2)13(19)9-4-10(14)6-11(5-9)20-3/h4-6H,7,14H2,1-3H3,(H,15,16,17). The zero-order valence-corrected chi connectivity index (χ0v) is 11.7. The van der Waals surface area contributed by atoms with Crippen molar-refractivity contribution in [1.29, 1.82) is 0 Å². The van der Waals surface area contributed by atoms with E-state index in [9.17, 15) is 4.79 Å². The van der Waals surface area contributed by atoms with Gasteiger partial charge in [0.15, 0.2) is 5.82 Å². The van der Waals surface area contributed by atoms with E-state index < -0.39 is 0 Å². The van der Waals surface area contributed by atoms with Crippen LogP contribution in [0.1, 0.15) is 22.0 Å². The fourth-order valence-electron chi connectivity index (χ4n) is 1.83. The fraction of sp³-hybridized carbons (Fsp3) is 0.308. The molecule has 20 heavy (non-hydrogen) atoms. The molecule has 106 valence electrons. The molecule has 3 N–H and O–H groups in total. The van der Waals surface area contributed by atoms with Gasteiger partial charge in [0.2, 0.25) is 0 Å². The number of hydrogen-bond acceptors (Lipinski definition) is 5. The van der Waals surface area contributed by atoms with Gasteiger partial charge in [-0.25, -0.2) is 4.98 Å². The molecule has 1 aromatic heterocycles. The molecule has 7 nitrogen and oxygen atoms in total. The number of amides is 1.